The molecule has 9 heteroatoms. The molecule has 6 nitrogen and oxygen atoms in total. The summed E-state index contributed by atoms with van der Waals surface area (Å²) in [5, 5.41) is 7.20. The van der Waals surface area contributed by atoms with Crippen LogP contribution in [-0.2, 0) is 24.4 Å². The summed E-state index contributed by atoms with van der Waals surface area (Å²) in [5.41, 5.74) is 1.57. The van der Waals surface area contributed by atoms with E-state index in [2.05, 4.69) is 15.5 Å². The second kappa shape index (κ2) is 7.13. The van der Waals surface area contributed by atoms with Crippen molar-refractivity contribution in [2.45, 2.75) is 45.5 Å². The minimum absolute atomic E-state index is 0.00489. The van der Waals surface area contributed by atoms with E-state index in [1.165, 1.54) is 12.3 Å². The molecule has 3 aromatic rings. The highest BCUT2D eigenvalue weighted by molar-refractivity contribution is 5.85. The van der Waals surface area contributed by atoms with E-state index in [1.807, 2.05) is 6.92 Å². The number of rotatable bonds is 7. The van der Waals surface area contributed by atoms with Gasteiger partial charge in [0.05, 0.1) is 13.0 Å². The van der Waals surface area contributed by atoms with E-state index >= 15 is 0 Å². The van der Waals surface area contributed by atoms with E-state index in [0.717, 1.165) is 12.8 Å². The van der Waals surface area contributed by atoms with Crippen LogP contribution in [0, 0.1) is 5.41 Å². The first-order valence-corrected chi connectivity index (χ1v) is 9.23. The number of halogens is 3. The Morgan fingerprint density at radius 1 is 1.34 bits per heavy atom. The Bertz CT molecular complexity index is 1020. The van der Waals surface area contributed by atoms with Gasteiger partial charge in [-0.25, -0.2) is 0 Å². The highest BCUT2D eigenvalue weighted by atomic mass is 19.4. The van der Waals surface area contributed by atoms with Crippen LogP contribution in [-0.4, -0.2) is 22.2 Å². The normalized spacial score (nSPS) is 15.4. The summed E-state index contributed by atoms with van der Waals surface area (Å²) in [4.78, 5) is 15.2. The van der Waals surface area contributed by atoms with Gasteiger partial charge in [-0.2, -0.15) is 13.2 Å². The molecular formula is C20H20F3N3O3. The lowest BCUT2D eigenvalue weighted by atomic mass is 10.1. The summed E-state index contributed by atoms with van der Waals surface area (Å²) in [5.74, 6) is 0.117. The second-order valence-electron chi connectivity index (χ2n) is 7.66. The average molecular weight is 407 g/mol. The molecule has 2 aromatic heterocycles. The van der Waals surface area contributed by atoms with Gasteiger partial charge in [-0.3, -0.25) is 4.79 Å². The highest BCUT2D eigenvalue weighted by Crippen LogP contribution is 2.45. The van der Waals surface area contributed by atoms with Crippen molar-refractivity contribution in [2.24, 2.45) is 5.41 Å². The van der Waals surface area contributed by atoms with Crippen LogP contribution < -0.4 is 10.1 Å². The number of fused-ring (bicyclic) bond motifs is 1. The summed E-state index contributed by atoms with van der Waals surface area (Å²) in [7, 11) is 0. The molecule has 1 amide bonds. The van der Waals surface area contributed by atoms with Gasteiger partial charge in [0.25, 0.3) is 0 Å². The molecule has 1 aromatic carbocycles. The standard InChI is InChI=1S/C20H20F3N3O3/c1-19(3-4-19)18(27)24-10-15-7-12-6-13(9-20(21,22)23)17(8-16(12)25-15)28-11-14-2-5-29-26-14/h2,5-8,25H,3-4,9-11H2,1H3,(H,24,27). The van der Waals surface area contributed by atoms with Crippen LogP contribution in [0.4, 0.5) is 13.2 Å². The van der Waals surface area contributed by atoms with Crippen LogP contribution in [0.15, 0.2) is 35.1 Å². The molecule has 0 spiro atoms. The van der Waals surface area contributed by atoms with Crippen LogP contribution in [0.5, 0.6) is 5.75 Å². The van der Waals surface area contributed by atoms with E-state index in [4.69, 9.17) is 9.26 Å². The third-order valence-electron chi connectivity index (χ3n) is 5.10. The summed E-state index contributed by atoms with van der Waals surface area (Å²) in [6.07, 6.45) is -2.36. The van der Waals surface area contributed by atoms with Crippen molar-refractivity contribution in [2.75, 3.05) is 0 Å². The van der Waals surface area contributed by atoms with Crippen LogP contribution in [0.3, 0.4) is 0 Å². The number of H-pyrrole nitrogens is 1. The van der Waals surface area contributed by atoms with Crippen molar-refractivity contribution >= 4 is 16.8 Å². The van der Waals surface area contributed by atoms with Gasteiger partial charge >= 0.3 is 6.18 Å². The Kier molecular flexibility index (Phi) is 4.76. The molecular weight excluding hydrogens is 387 g/mol. The first-order chi connectivity index (χ1) is 13.7. The Labute approximate surface area is 164 Å². The van der Waals surface area contributed by atoms with Crippen LogP contribution >= 0.6 is 0 Å². The quantitative estimate of drug-likeness (QED) is 0.614. The fraction of sp³-hybridized carbons (Fsp3) is 0.400. The molecule has 1 aliphatic rings. The number of nitrogens with zero attached hydrogens (tertiary/aromatic N) is 1. The van der Waals surface area contributed by atoms with E-state index < -0.39 is 12.6 Å². The summed E-state index contributed by atoms with van der Waals surface area (Å²) in [6.45, 7) is 2.19. The monoisotopic (exact) mass is 407 g/mol. The number of hydrogen-bond donors (Lipinski definition) is 2. The van der Waals surface area contributed by atoms with Crippen molar-refractivity contribution < 1.29 is 27.2 Å². The molecule has 1 aliphatic carbocycles. The maximum Gasteiger partial charge on any atom is 0.393 e. The molecule has 0 radical (unpaired) electrons. The smallest absolute Gasteiger partial charge is 0.393 e. The zero-order valence-corrected chi connectivity index (χ0v) is 15.7. The Morgan fingerprint density at radius 3 is 2.79 bits per heavy atom. The minimum atomic E-state index is -4.37. The van der Waals surface area contributed by atoms with Crippen molar-refractivity contribution in [3.8, 4) is 5.75 Å². The van der Waals surface area contributed by atoms with Gasteiger partial charge in [-0.15, -0.1) is 0 Å². The van der Waals surface area contributed by atoms with Gasteiger partial charge in [0.1, 0.15) is 24.3 Å². The highest BCUT2D eigenvalue weighted by Gasteiger charge is 2.44. The summed E-state index contributed by atoms with van der Waals surface area (Å²) in [6, 6.07) is 6.33. The maximum absolute atomic E-state index is 13.0. The average Bonchev–Trinajstić information content (AvgIpc) is 3.06. The number of benzene rings is 1. The second-order valence-corrected chi connectivity index (χ2v) is 7.66. The molecule has 0 atom stereocenters. The molecule has 1 fully saturated rings. The van der Waals surface area contributed by atoms with Gasteiger partial charge in [0.2, 0.25) is 5.91 Å². The molecule has 2 N–H and O–H groups in total. The lowest BCUT2D eigenvalue weighted by Crippen LogP contribution is -2.29. The first-order valence-electron chi connectivity index (χ1n) is 9.23. The van der Waals surface area contributed by atoms with E-state index in [1.54, 1.807) is 18.2 Å². The molecule has 2 heterocycles. The van der Waals surface area contributed by atoms with E-state index in [0.29, 0.717) is 22.3 Å². The van der Waals surface area contributed by atoms with E-state index in [9.17, 15) is 18.0 Å². The van der Waals surface area contributed by atoms with Crippen LogP contribution in [0.25, 0.3) is 10.9 Å². The van der Waals surface area contributed by atoms with Gasteiger partial charge in [0, 0.05) is 39.7 Å². The number of carbonyl (C=O) groups is 1. The predicted octanol–water partition coefficient (Wildman–Crippen LogP) is 4.26. The Hall–Kier alpha value is -2.97. The molecule has 29 heavy (non-hydrogen) atoms. The minimum Gasteiger partial charge on any atom is -0.487 e. The number of aromatic amines is 1. The lowest BCUT2D eigenvalue weighted by molar-refractivity contribution is -0.127. The van der Waals surface area contributed by atoms with Crippen molar-refractivity contribution in [1.29, 1.82) is 0 Å². The van der Waals surface area contributed by atoms with Crippen molar-refractivity contribution in [3.63, 3.8) is 0 Å². The molecule has 154 valence electrons. The zero-order valence-electron chi connectivity index (χ0n) is 15.7. The number of nitrogens with one attached hydrogen (secondary N) is 2. The van der Waals surface area contributed by atoms with E-state index in [-0.39, 0.29) is 35.8 Å². The van der Waals surface area contributed by atoms with Gasteiger partial charge in [0.15, 0.2) is 0 Å². The molecule has 0 aliphatic heterocycles. The number of amides is 1. The maximum atomic E-state index is 13.0. The third kappa shape index (κ3) is 4.55. The van der Waals surface area contributed by atoms with Gasteiger partial charge in [-0.05, 0) is 25.0 Å². The fourth-order valence-corrected chi connectivity index (χ4v) is 3.12. The van der Waals surface area contributed by atoms with Crippen LogP contribution in [0.1, 0.15) is 36.7 Å². The fourth-order valence-electron chi connectivity index (χ4n) is 3.12. The largest absolute Gasteiger partial charge is 0.487 e. The third-order valence-corrected chi connectivity index (χ3v) is 5.10. The SMILES string of the molecule is CC1(C(=O)NCc2cc3cc(CC(F)(F)F)c(OCc4ccon4)cc3[nH]2)CC1. The number of hydrogen-bond acceptors (Lipinski definition) is 4. The summed E-state index contributed by atoms with van der Waals surface area (Å²) < 4.78 is 49.4. The molecule has 0 saturated heterocycles. The zero-order chi connectivity index (χ0) is 20.6. The molecule has 0 unspecified atom stereocenters. The number of alkyl halides is 3. The molecule has 4 rings (SSSR count). The first kappa shape index (κ1) is 19.4. The van der Waals surface area contributed by atoms with Crippen molar-refractivity contribution in [3.05, 3.63) is 47.5 Å². The molecule has 0 bridgehead atoms. The number of carbonyl (C=O) groups excluding carboxylic acids is 1. The summed E-state index contributed by atoms with van der Waals surface area (Å²) >= 11 is 0. The van der Waals surface area contributed by atoms with Crippen LogP contribution in [0.2, 0.25) is 0 Å². The van der Waals surface area contributed by atoms with Gasteiger partial charge < -0.3 is 19.6 Å². The van der Waals surface area contributed by atoms with Gasteiger partial charge in [-0.1, -0.05) is 12.1 Å². The lowest BCUT2D eigenvalue weighted by Gasteiger charge is -2.13. The number of ether oxygens (including phenoxy) is 1. The molecule has 1 saturated carbocycles. The van der Waals surface area contributed by atoms with Crippen molar-refractivity contribution in [1.82, 2.24) is 15.5 Å². The number of aromatic nitrogens is 2. The Morgan fingerprint density at radius 2 is 2.14 bits per heavy atom. The predicted molar refractivity (Wildman–Crippen MR) is 98.1 cm³/mol. The topological polar surface area (TPSA) is 80.2 Å². The Balaban J connectivity index is 1.56.